The van der Waals surface area contributed by atoms with E-state index in [0.29, 0.717) is 0 Å². The molecule has 10 aromatic rings. The number of nitrogens with zero attached hydrogens (tertiary/aromatic N) is 1. The Labute approximate surface area is 352 Å². The Kier molecular flexibility index (Phi) is 8.79. The zero-order chi connectivity index (χ0) is 39.9. The molecule has 1 heteroatoms. The first-order valence-electron chi connectivity index (χ1n) is 20.8. The second-order valence-corrected chi connectivity index (χ2v) is 15.6. The molecule has 0 bridgehead atoms. The van der Waals surface area contributed by atoms with Gasteiger partial charge in [0.2, 0.25) is 0 Å². The van der Waals surface area contributed by atoms with Crippen LogP contribution >= 0.6 is 0 Å². The molecule has 282 valence electrons. The van der Waals surface area contributed by atoms with Crippen LogP contribution in [0.3, 0.4) is 0 Å². The third-order valence-electron chi connectivity index (χ3n) is 12.4. The van der Waals surface area contributed by atoms with Crippen LogP contribution in [0.1, 0.15) is 22.3 Å². The molecule has 60 heavy (non-hydrogen) atoms. The van der Waals surface area contributed by atoms with Crippen LogP contribution in [0.4, 0.5) is 17.1 Å². The van der Waals surface area contributed by atoms with Gasteiger partial charge in [-0.1, -0.05) is 224 Å². The molecule has 0 saturated heterocycles. The van der Waals surface area contributed by atoms with Crippen LogP contribution in [-0.2, 0) is 5.41 Å². The summed E-state index contributed by atoms with van der Waals surface area (Å²) in [5.74, 6) is 0. The molecule has 11 rings (SSSR count). The molecule has 0 N–H and O–H groups in total. The van der Waals surface area contributed by atoms with E-state index in [4.69, 9.17) is 0 Å². The Morgan fingerprint density at radius 3 is 1.48 bits per heavy atom. The topological polar surface area (TPSA) is 3.24 Å². The molecular formula is C59H41N. The van der Waals surface area contributed by atoms with Crippen LogP contribution in [0.15, 0.2) is 249 Å². The van der Waals surface area contributed by atoms with E-state index in [1.807, 2.05) is 0 Å². The molecule has 0 unspecified atom stereocenters. The highest BCUT2D eigenvalue weighted by atomic mass is 15.1. The van der Waals surface area contributed by atoms with Crippen LogP contribution in [0.25, 0.3) is 55.3 Å². The van der Waals surface area contributed by atoms with Gasteiger partial charge in [0, 0.05) is 16.8 Å². The molecule has 10 aromatic carbocycles. The van der Waals surface area contributed by atoms with Crippen molar-refractivity contribution in [3.63, 3.8) is 0 Å². The van der Waals surface area contributed by atoms with E-state index < -0.39 is 5.41 Å². The van der Waals surface area contributed by atoms with Crippen LogP contribution in [0.5, 0.6) is 0 Å². The van der Waals surface area contributed by atoms with Crippen LogP contribution in [0.2, 0.25) is 0 Å². The van der Waals surface area contributed by atoms with Crippen LogP contribution in [-0.4, -0.2) is 0 Å². The molecule has 0 amide bonds. The fourth-order valence-corrected chi connectivity index (χ4v) is 9.72. The summed E-state index contributed by atoms with van der Waals surface area (Å²) in [4.78, 5) is 2.50. The smallest absolute Gasteiger partial charge is 0.0714 e. The molecule has 0 saturated carbocycles. The van der Waals surface area contributed by atoms with Gasteiger partial charge in [-0.15, -0.1) is 0 Å². The SMILES string of the molecule is c1ccc(-c2ccc(-c3ccccc3N(c3ccc(-c4cccc5ccccc45)cc3)c3cccc4c3-c3ccccc3C4(c3ccccc3)c3ccccc3)cc2)cc1. The summed E-state index contributed by atoms with van der Waals surface area (Å²) in [6.07, 6.45) is 0. The summed E-state index contributed by atoms with van der Waals surface area (Å²) in [6, 6.07) is 91.0. The molecule has 0 radical (unpaired) electrons. The summed E-state index contributed by atoms with van der Waals surface area (Å²) >= 11 is 0. The predicted octanol–water partition coefficient (Wildman–Crippen LogP) is 15.7. The van der Waals surface area contributed by atoms with Gasteiger partial charge in [-0.05, 0) is 90.7 Å². The van der Waals surface area contributed by atoms with Gasteiger partial charge >= 0.3 is 0 Å². The normalized spacial score (nSPS) is 12.5. The molecule has 1 aliphatic carbocycles. The van der Waals surface area contributed by atoms with Gasteiger partial charge in [-0.3, -0.25) is 0 Å². The van der Waals surface area contributed by atoms with Crippen molar-refractivity contribution in [2.75, 3.05) is 4.90 Å². The number of benzene rings is 10. The fourth-order valence-electron chi connectivity index (χ4n) is 9.72. The maximum atomic E-state index is 2.50. The zero-order valence-electron chi connectivity index (χ0n) is 33.1. The van der Waals surface area contributed by atoms with Gasteiger partial charge < -0.3 is 4.90 Å². The Hall–Kier alpha value is -7.74. The van der Waals surface area contributed by atoms with Crippen molar-refractivity contribution in [2.45, 2.75) is 5.41 Å². The van der Waals surface area contributed by atoms with Crippen molar-refractivity contribution in [3.8, 4) is 44.5 Å². The monoisotopic (exact) mass is 763 g/mol. The van der Waals surface area contributed by atoms with E-state index in [-0.39, 0.29) is 0 Å². The number of hydrogen-bond donors (Lipinski definition) is 0. The second-order valence-electron chi connectivity index (χ2n) is 15.6. The number of fused-ring (bicyclic) bond motifs is 4. The van der Waals surface area contributed by atoms with E-state index in [9.17, 15) is 0 Å². The molecule has 0 aliphatic heterocycles. The fraction of sp³-hybridized carbons (Fsp3) is 0.0169. The summed E-state index contributed by atoms with van der Waals surface area (Å²) in [7, 11) is 0. The molecule has 1 nitrogen and oxygen atoms in total. The summed E-state index contributed by atoms with van der Waals surface area (Å²) < 4.78 is 0. The van der Waals surface area contributed by atoms with Crippen LogP contribution in [0, 0.1) is 0 Å². The lowest BCUT2D eigenvalue weighted by Crippen LogP contribution is -2.28. The highest BCUT2D eigenvalue weighted by Crippen LogP contribution is 2.59. The summed E-state index contributed by atoms with van der Waals surface area (Å²) in [6.45, 7) is 0. The molecule has 0 heterocycles. The first kappa shape index (κ1) is 35.4. The largest absolute Gasteiger partial charge is 0.309 e. The minimum absolute atomic E-state index is 0.513. The van der Waals surface area contributed by atoms with Crippen molar-refractivity contribution in [2.24, 2.45) is 0 Å². The van der Waals surface area contributed by atoms with E-state index in [1.54, 1.807) is 0 Å². The van der Waals surface area contributed by atoms with Crippen molar-refractivity contribution < 1.29 is 0 Å². The quantitative estimate of drug-likeness (QED) is 0.149. The van der Waals surface area contributed by atoms with Gasteiger partial charge in [0.25, 0.3) is 0 Å². The standard InChI is InChI=1S/C59H41N/c1-4-18-42(19-5-1)43-34-36-46(37-35-43)52-27-13-15-32-56(52)60(49-40-38-45(39-41-49)51-29-16-21-44-20-10-11-26-50(44)51)57-33-17-31-55-58(57)53-28-12-14-30-54(53)59(55,47-22-6-2-7-23-47)48-24-8-3-9-25-48/h1-41H. The summed E-state index contributed by atoms with van der Waals surface area (Å²) in [5, 5.41) is 2.50. The lowest BCUT2D eigenvalue weighted by atomic mass is 9.68. The Bertz CT molecular complexity index is 3070. The number of para-hydroxylation sites is 1. The zero-order valence-corrected chi connectivity index (χ0v) is 33.1. The molecule has 0 atom stereocenters. The average Bonchev–Trinajstić information content (AvgIpc) is 3.64. The van der Waals surface area contributed by atoms with Gasteiger partial charge in [-0.2, -0.15) is 0 Å². The Balaban J connectivity index is 1.15. The van der Waals surface area contributed by atoms with Gasteiger partial charge in [0.05, 0.1) is 16.8 Å². The minimum atomic E-state index is -0.513. The Morgan fingerprint density at radius 1 is 0.283 bits per heavy atom. The molecule has 1 aliphatic rings. The maximum absolute atomic E-state index is 2.50. The van der Waals surface area contributed by atoms with E-state index in [0.717, 1.165) is 22.6 Å². The lowest BCUT2D eigenvalue weighted by molar-refractivity contribution is 0.768. The number of rotatable bonds is 8. The van der Waals surface area contributed by atoms with Crippen molar-refractivity contribution >= 4 is 27.8 Å². The first-order valence-corrected chi connectivity index (χ1v) is 20.8. The Morgan fingerprint density at radius 2 is 0.750 bits per heavy atom. The summed E-state index contributed by atoms with van der Waals surface area (Å²) in [5.41, 5.74) is 17.6. The molecule has 0 spiro atoms. The second kappa shape index (κ2) is 14.9. The average molecular weight is 764 g/mol. The van der Waals surface area contributed by atoms with Crippen molar-refractivity contribution in [3.05, 3.63) is 271 Å². The maximum Gasteiger partial charge on any atom is 0.0714 e. The van der Waals surface area contributed by atoms with Crippen molar-refractivity contribution in [1.82, 2.24) is 0 Å². The predicted molar refractivity (Wildman–Crippen MR) is 252 cm³/mol. The van der Waals surface area contributed by atoms with Crippen LogP contribution < -0.4 is 4.90 Å². The van der Waals surface area contributed by atoms with E-state index in [1.165, 1.54) is 72.0 Å². The number of hydrogen-bond acceptors (Lipinski definition) is 1. The third-order valence-corrected chi connectivity index (χ3v) is 12.4. The lowest BCUT2D eigenvalue weighted by Gasteiger charge is -2.34. The van der Waals surface area contributed by atoms with Gasteiger partial charge in [0.1, 0.15) is 0 Å². The first-order chi connectivity index (χ1) is 29.8. The highest BCUT2D eigenvalue weighted by molar-refractivity contribution is 6.01. The highest BCUT2D eigenvalue weighted by Gasteiger charge is 2.47. The minimum Gasteiger partial charge on any atom is -0.309 e. The molecule has 0 fully saturated rings. The van der Waals surface area contributed by atoms with E-state index in [2.05, 4.69) is 254 Å². The van der Waals surface area contributed by atoms with Gasteiger partial charge in [-0.25, -0.2) is 0 Å². The van der Waals surface area contributed by atoms with E-state index >= 15 is 0 Å². The van der Waals surface area contributed by atoms with Crippen molar-refractivity contribution in [1.29, 1.82) is 0 Å². The molecular weight excluding hydrogens is 723 g/mol. The third kappa shape index (κ3) is 5.78. The number of anilines is 3. The molecule has 0 aromatic heterocycles. The van der Waals surface area contributed by atoms with Gasteiger partial charge in [0.15, 0.2) is 0 Å².